The molecule has 1 aromatic heterocycles. The van der Waals surface area contributed by atoms with Crippen LogP contribution in [0.5, 0.6) is 0 Å². The molecule has 0 saturated carbocycles. The molecule has 2 saturated heterocycles. The minimum Gasteiger partial charge on any atom is -0.311 e. The number of amides is 2. The minimum absolute atomic E-state index is 0.222. The van der Waals surface area contributed by atoms with E-state index in [9.17, 15) is 13.2 Å². The molecular weight excluding hydrogens is 308 g/mol. The monoisotopic (exact) mass is 320 g/mol. The first-order chi connectivity index (χ1) is 9.35. The quantitative estimate of drug-likeness (QED) is 0.808. The van der Waals surface area contributed by atoms with Crippen LogP contribution < -0.4 is 0 Å². The first-order valence-electron chi connectivity index (χ1n) is 5.92. The summed E-state index contributed by atoms with van der Waals surface area (Å²) in [4.78, 5) is 13.7. The van der Waals surface area contributed by atoms with Gasteiger partial charge in [0.2, 0.25) is 0 Å². The van der Waals surface area contributed by atoms with Crippen molar-refractivity contribution >= 4 is 27.8 Å². The fourth-order valence-corrected chi connectivity index (χ4v) is 3.77. The van der Waals surface area contributed by atoms with Gasteiger partial charge < -0.3 is 4.90 Å². The van der Waals surface area contributed by atoms with Crippen molar-refractivity contribution < 1.29 is 22.0 Å². The zero-order valence-corrected chi connectivity index (χ0v) is 12.1. The largest absolute Gasteiger partial charge is 0.418 e. The zero-order chi connectivity index (χ0) is 14.5. The van der Waals surface area contributed by atoms with Crippen LogP contribution in [-0.4, -0.2) is 51.7 Å². The molecule has 0 unspecified atom stereocenters. The van der Waals surface area contributed by atoms with Crippen molar-refractivity contribution in [2.45, 2.75) is 31.8 Å². The molecule has 2 atom stereocenters. The van der Waals surface area contributed by atoms with Crippen LogP contribution in [0.1, 0.15) is 28.9 Å². The predicted molar refractivity (Wildman–Crippen MR) is 67.0 cm³/mol. The standard InChI is InChI=1S/C9H12N4O5S2/c1-5-10-11-8(19-5)7-3-2-6-4-12(7)9(14)13(6)18-20(15,16)17/h6-7H,2-4H2,1H3,(H,15,16,17)/t6-,7+/m1/s1. The highest BCUT2D eigenvalue weighted by Gasteiger charge is 2.48. The van der Waals surface area contributed by atoms with E-state index in [1.54, 1.807) is 0 Å². The second-order valence-corrected chi connectivity index (χ2v) is 6.89. The number of hydroxylamine groups is 2. The molecule has 20 heavy (non-hydrogen) atoms. The summed E-state index contributed by atoms with van der Waals surface area (Å²) in [5.41, 5.74) is 0. The number of carbonyl (C=O) groups is 1. The minimum atomic E-state index is -4.70. The van der Waals surface area contributed by atoms with Gasteiger partial charge in [0.25, 0.3) is 0 Å². The molecule has 1 N–H and O–H groups in total. The Kier molecular flexibility index (Phi) is 3.16. The summed E-state index contributed by atoms with van der Waals surface area (Å²) in [5.74, 6) is 0. The fourth-order valence-electron chi connectivity index (χ4n) is 2.53. The Hall–Kier alpha value is -1.30. The van der Waals surface area contributed by atoms with Gasteiger partial charge in [-0.25, -0.2) is 4.79 Å². The van der Waals surface area contributed by atoms with E-state index in [4.69, 9.17) is 4.55 Å². The number of carbonyl (C=O) groups excluding carboxylic acids is 1. The number of urea groups is 1. The molecule has 3 heterocycles. The summed E-state index contributed by atoms with van der Waals surface area (Å²) in [6.07, 6.45) is 1.22. The normalized spacial score (nSPS) is 26.4. The Bertz CT molecular complexity index is 645. The van der Waals surface area contributed by atoms with Crippen molar-refractivity contribution in [3.63, 3.8) is 0 Å². The lowest BCUT2D eigenvalue weighted by atomic mass is 10.0. The van der Waals surface area contributed by atoms with Crippen molar-refractivity contribution in [3.05, 3.63) is 10.0 Å². The molecule has 110 valence electrons. The van der Waals surface area contributed by atoms with Crippen molar-refractivity contribution in [3.8, 4) is 0 Å². The maximum absolute atomic E-state index is 12.2. The molecule has 2 fully saturated rings. The number of rotatable bonds is 3. The molecule has 0 aliphatic carbocycles. The highest BCUT2D eigenvalue weighted by atomic mass is 32.3. The number of hydrogen-bond acceptors (Lipinski definition) is 7. The van der Waals surface area contributed by atoms with Crippen LogP contribution in [0.2, 0.25) is 0 Å². The van der Waals surface area contributed by atoms with Gasteiger partial charge in [-0.3, -0.25) is 4.55 Å². The summed E-state index contributed by atoms with van der Waals surface area (Å²) < 4.78 is 34.6. The molecule has 0 radical (unpaired) electrons. The number of piperidine rings is 1. The van der Waals surface area contributed by atoms with E-state index >= 15 is 0 Å². The van der Waals surface area contributed by atoms with E-state index in [2.05, 4.69) is 14.5 Å². The van der Waals surface area contributed by atoms with Gasteiger partial charge in [0.1, 0.15) is 10.0 Å². The third-order valence-electron chi connectivity index (χ3n) is 3.32. The van der Waals surface area contributed by atoms with E-state index < -0.39 is 16.4 Å². The lowest BCUT2D eigenvalue weighted by Gasteiger charge is -2.28. The lowest BCUT2D eigenvalue weighted by molar-refractivity contribution is -0.0317. The van der Waals surface area contributed by atoms with Gasteiger partial charge in [-0.2, -0.15) is 13.5 Å². The number of nitrogens with zero attached hydrogens (tertiary/aromatic N) is 4. The SMILES string of the molecule is Cc1nnc([C@@H]2CC[C@@H]3CN2C(=O)N3OS(=O)(=O)O)s1. The Morgan fingerprint density at radius 3 is 2.75 bits per heavy atom. The first-order valence-corrected chi connectivity index (χ1v) is 8.10. The van der Waals surface area contributed by atoms with Gasteiger partial charge in [-0.05, 0) is 19.8 Å². The van der Waals surface area contributed by atoms with Crippen LogP contribution in [-0.2, 0) is 14.7 Å². The van der Waals surface area contributed by atoms with Gasteiger partial charge in [0.15, 0.2) is 0 Å². The molecule has 9 nitrogen and oxygen atoms in total. The second-order valence-electron chi connectivity index (χ2n) is 4.67. The Morgan fingerprint density at radius 2 is 2.15 bits per heavy atom. The summed E-state index contributed by atoms with van der Waals surface area (Å²) in [7, 11) is -4.70. The van der Waals surface area contributed by atoms with Gasteiger partial charge in [-0.15, -0.1) is 14.5 Å². The summed E-state index contributed by atoms with van der Waals surface area (Å²) in [6, 6.07) is -1.18. The third-order valence-corrected chi connectivity index (χ3v) is 4.61. The second kappa shape index (κ2) is 4.62. The molecule has 2 aliphatic heterocycles. The van der Waals surface area contributed by atoms with Crippen LogP contribution in [0.4, 0.5) is 4.79 Å². The Balaban J connectivity index is 1.84. The maximum Gasteiger partial charge on any atom is 0.418 e. The van der Waals surface area contributed by atoms with Crippen LogP contribution in [0.3, 0.4) is 0 Å². The summed E-state index contributed by atoms with van der Waals surface area (Å²) in [5, 5.41) is 10.2. The topological polar surface area (TPSA) is 113 Å². The summed E-state index contributed by atoms with van der Waals surface area (Å²) in [6.45, 7) is 2.17. The number of hydrogen-bond donors (Lipinski definition) is 1. The first kappa shape index (κ1) is 13.7. The number of aromatic nitrogens is 2. The van der Waals surface area contributed by atoms with Crippen LogP contribution in [0.15, 0.2) is 0 Å². The van der Waals surface area contributed by atoms with Crippen LogP contribution in [0, 0.1) is 6.92 Å². The molecule has 2 aliphatic rings. The van der Waals surface area contributed by atoms with Crippen LogP contribution >= 0.6 is 11.3 Å². The van der Waals surface area contributed by atoms with E-state index in [1.807, 2.05) is 6.92 Å². The van der Waals surface area contributed by atoms with E-state index in [1.165, 1.54) is 16.2 Å². The fraction of sp³-hybridized carbons (Fsp3) is 0.667. The predicted octanol–water partition coefficient (Wildman–Crippen LogP) is 0.522. The van der Waals surface area contributed by atoms with Gasteiger partial charge in [0.05, 0.1) is 12.1 Å². The van der Waals surface area contributed by atoms with Crippen molar-refractivity contribution in [2.24, 2.45) is 0 Å². The van der Waals surface area contributed by atoms with Crippen molar-refractivity contribution in [2.75, 3.05) is 6.54 Å². The maximum atomic E-state index is 12.2. The average molecular weight is 320 g/mol. The Labute approximate surface area is 119 Å². The number of aryl methyl sites for hydroxylation is 1. The average Bonchev–Trinajstić information content (AvgIpc) is 2.88. The number of fused-ring (bicyclic) bond motifs is 2. The molecule has 1 aromatic rings. The van der Waals surface area contributed by atoms with Crippen molar-refractivity contribution in [1.29, 1.82) is 0 Å². The smallest absolute Gasteiger partial charge is 0.311 e. The highest BCUT2D eigenvalue weighted by Crippen LogP contribution is 2.39. The molecule has 0 aromatic carbocycles. The Morgan fingerprint density at radius 1 is 1.40 bits per heavy atom. The molecule has 3 rings (SSSR count). The summed E-state index contributed by atoms with van der Waals surface area (Å²) >= 11 is 1.41. The van der Waals surface area contributed by atoms with E-state index in [0.29, 0.717) is 19.4 Å². The molecule has 11 heteroatoms. The zero-order valence-electron chi connectivity index (χ0n) is 10.5. The molecular formula is C9H12N4O5S2. The highest BCUT2D eigenvalue weighted by molar-refractivity contribution is 7.80. The van der Waals surface area contributed by atoms with Gasteiger partial charge in [-0.1, -0.05) is 11.3 Å². The van der Waals surface area contributed by atoms with Gasteiger partial charge >= 0.3 is 16.4 Å². The molecule has 2 amide bonds. The molecule has 0 spiro atoms. The molecule has 2 bridgehead atoms. The van der Waals surface area contributed by atoms with Gasteiger partial charge in [0, 0.05) is 6.54 Å². The van der Waals surface area contributed by atoms with E-state index in [0.717, 1.165) is 15.1 Å². The lowest BCUT2D eigenvalue weighted by Crippen LogP contribution is -2.35. The van der Waals surface area contributed by atoms with Crippen molar-refractivity contribution in [1.82, 2.24) is 20.2 Å². The van der Waals surface area contributed by atoms with E-state index in [-0.39, 0.29) is 12.1 Å². The van der Waals surface area contributed by atoms with Crippen LogP contribution in [0.25, 0.3) is 0 Å². The third kappa shape index (κ3) is 2.37.